The molecule has 1 N–H and O–H groups in total. The third-order valence-electron chi connectivity index (χ3n) is 4.90. The first-order valence-electron chi connectivity index (χ1n) is 9.94. The highest BCUT2D eigenvalue weighted by Crippen LogP contribution is 2.28. The molecule has 6 heteroatoms. The molecule has 0 bridgehead atoms. The highest BCUT2D eigenvalue weighted by atomic mass is 16.5. The van der Waals surface area contributed by atoms with Gasteiger partial charge < -0.3 is 10.1 Å². The number of amides is 1. The molecule has 6 nitrogen and oxygen atoms in total. The van der Waals surface area contributed by atoms with Gasteiger partial charge in [-0.15, -0.1) is 0 Å². The van der Waals surface area contributed by atoms with Crippen molar-refractivity contribution in [3.8, 4) is 11.5 Å². The molecule has 0 unspecified atom stereocenters. The zero-order valence-corrected chi connectivity index (χ0v) is 17.0. The van der Waals surface area contributed by atoms with Crippen molar-refractivity contribution in [2.75, 3.05) is 5.32 Å². The molecule has 4 rings (SSSR count). The van der Waals surface area contributed by atoms with Crippen LogP contribution in [0.5, 0.6) is 11.5 Å². The molecular formula is C25H21N3O3. The molecule has 0 saturated carbocycles. The van der Waals surface area contributed by atoms with Crippen molar-refractivity contribution in [1.82, 2.24) is 9.97 Å². The summed E-state index contributed by atoms with van der Waals surface area (Å²) in [5, 5.41) is 4.59. The maximum Gasteiger partial charge on any atom is 0.224 e. The number of hydrogen-bond acceptors (Lipinski definition) is 5. The molecule has 0 aliphatic heterocycles. The average Bonchev–Trinajstić information content (AvgIpc) is 2.80. The van der Waals surface area contributed by atoms with Crippen LogP contribution in [0.15, 0.2) is 79.4 Å². The van der Waals surface area contributed by atoms with E-state index in [0.717, 1.165) is 16.3 Å². The van der Waals surface area contributed by atoms with Crippen LogP contribution < -0.4 is 10.1 Å². The number of carbonyl (C=O) groups is 2. The summed E-state index contributed by atoms with van der Waals surface area (Å²) >= 11 is 0. The van der Waals surface area contributed by atoms with Gasteiger partial charge in [0.25, 0.3) is 0 Å². The first kappa shape index (κ1) is 20.2. The fourth-order valence-electron chi connectivity index (χ4n) is 3.24. The number of ether oxygens (including phenoxy) is 1. The normalized spacial score (nSPS) is 10.6. The van der Waals surface area contributed by atoms with Crippen LogP contribution in [0.4, 0.5) is 5.69 Å². The fourth-order valence-corrected chi connectivity index (χ4v) is 3.24. The van der Waals surface area contributed by atoms with Gasteiger partial charge in [-0.25, -0.2) is 0 Å². The SMILES string of the molecule is Cc1ccc(NC(=O)CCC(=O)c2cncc3ccccc23)cc1Oc1ccncc1. The second-order valence-corrected chi connectivity index (χ2v) is 7.14. The third kappa shape index (κ3) is 4.93. The Kier molecular flexibility index (Phi) is 5.98. The number of pyridine rings is 2. The largest absolute Gasteiger partial charge is 0.457 e. The molecule has 1 amide bonds. The molecule has 0 atom stereocenters. The number of aryl methyl sites for hydroxylation is 1. The molecular weight excluding hydrogens is 390 g/mol. The number of ketones is 1. The molecule has 0 aliphatic carbocycles. The lowest BCUT2D eigenvalue weighted by molar-refractivity contribution is -0.116. The Hall–Kier alpha value is -4.06. The number of nitrogens with one attached hydrogen (secondary N) is 1. The minimum Gasteiger partial charge on any atom is -0.457 e. The van der Waals surface area contributed by atoms with Crippen LogP contribution in [-0.2, 0) is 4.79 Å². The Morgan fingerprint density at radius 2 is 1.74 bits per heavy atom. The zero-order valence-electron chi connectivity index (χ0n) is 17.0. The van der Waals surface area contributed by atoms with Crippen molar-refractivity contribution < 1.29 is 14.3 Å². The van der Waals surface area contributed by atoms with Crippen LogP contribution in [0.2, 0.25) is 0 Å². The molecule has 0 radical (unpaired) electrons. The summed E-state index contributed by atoms with van der Waals surface area (Å²) in [7, 11) is 0. The molecule has 154 valence electrons. The molecule has 4 aromatic rings. The second-order valence-electron chi connectivity index (χ2n) is 7.14. The maximum atomic E-state index is 12.7. The van der Waals surface area contributed by atoms with E-state index >= 15 is 0 Å². The second kappa shape index (κ2) is 9.17. The predicted octanol–water partition coefficient (Wildman–Crippen LogP) is 5.33. The Bertz CT molecular complexity index is 1230. The lowest BCUT2D eigenvalue weighted by atomic mass is 10.0. The van der Waals surface area contributed by atoms with Crippen LogP contribution >= 0.6 is 0 Å². The summed E-state index contributed by atoms with van der Waals surface area (Å²) in [4.78, 5) is 33.2. The van der Waals surface area contributed by atoms with Crippen molar-refractivity contribution in [2.45, 2.75) is 19.8 Å². The maximum absolute atomic E-state index is 12.7. The number of anilines is 1. The van der Waals surface area contributed by atoms with Gasteiger partial charge in [0.2, 0.25) is 5.91 Å². The standard InChI is InChI=1S/C25H21N3O3/c1-17-6-7-19(14-24(17)31-20-10-12-26-13-11-20)28-25(30)9-8-23(29)22-16-27-15-18-4-2-3-5-21(18)22/h2-7,10-16H,8-9H2,1H3,(H,28,30). The van der Waals surface area contributed by atoms with Crippen molar-refractivity contribution in [1.29, 1.82) is 0 Å². The predicted molar refractivity (Wildman–Crippen MR) is 119 cm³/mol. The van der Waals surface area contributed by atoms with E-state index in [4.69, 9.17) is 4.74 Å². The fraction of sp³-hybridized carbons (Fsp3) is 0.120. The van der Waals surface area contributed by atoms with Gasteiger partial charge in [-0.1, -0.05) is 30.3 Å². The number of nitrogens with zero attached hydrogens (tertiary/aromatic N) is 2. The van der Waals surface area contributed by atoms with E-state index in [1.54, 1.807) is 43.0 Å². The van der Waals surface area contributed by atoms with Gasteiger partial charge in [0, 0.05) is 60.3 Å². The van der Waals surface area contributed by atoms with E-state index in [-0.39, 0.29) is 24.5 Å². The zero-order chi connectivity index (χ0) is 21.6. The smallest absolute Gasteiger partial charge is 0.224 e. The Morgan fingerprint density at radius 3 is 2.58 bits per heavy atom. The minimum absolute atomic E-state index is 0.0798. The van der Waals surface area contributed by atoms with E-state index in [1.165, 1.54) is 0 Å². The van der Waals surface area contributed by atoms with Crippen LogP contribution in [0.3, 0.4) is 0 Å². The van der Waals surface area contributed by atoms with Crippen molar-refractivity contribution in [2.24, 2.45) is 0 Å². The van der Waals surface area contributed by atoms with E-state index in [0.29, 0.717) is 22.7 Å². The quantitative estimate of drug-likeness (QED) is 0.416. The number of rotatable bonds is 7. The number of benzene rings is 2. The topological polar surface area (TPSA) is 81.2 Å². The lowest BCUT2D eigenvalue weighted by Gasteiger charge is -2.11. The van der Waals surface area contributed by atoms with E-state index < -0.39 is 0 Å². The molecule has 0 spiro atoms. The van der Waals surface area contributed by atoms with E-state index in [2.05, 4.69) is 15.3 Å². The van der Waals surface area contributed by atoms with E-state index in [9.17, 15) is 9.59 Å². The Morgan fingerprint density at radius 1 is 0.935 bits per heavy atom. The van der Waals surface area contributed by atoms with Crippen molar-refractivity contribution in [3.63, 3.8) is 0 Å². The number of carbonyl (C=O) groups excluding carboxylic acids is 2. The molecule has 0 aliphatic rings. The van der Waals surface area contributed by atoms with Crippen LogP contribution in [-0.4, -0.2) is 21.7 Å². The number of fused-ring (bicyclic) bond motifs is 1. The summed E-state index contributed by atoms with van der Waals surface area (Å²) in [5.41, 5.74) is 2.08. The Labute approximate surface area is 179 Å². The summed E-state index contributed by atoms with van der Waals surface area (Å²) in [6.07, 6.45) is 6.77. The minimum atomic E-state index is -0.236. The van der Waals surface area contributed by atoms with Gasteiger partial charge >= 0.3 is 0 Å². The van der Waals surface area contributed by atoms with E-state index in [1.807, 2.05) is 43.3 Å². The van der Waals surface area contributed by atoms with Gasteiger partial charge in [0.15, 0.2) is 5.78 Å². The Balaban J connectivity index is 1.40. The van der Waals surface area contributed by atoms with Crippen LogP contribution in [0.25, 0.3) is 10.8 Å². The summed E-state index contributed by atoms with van der Waals surface area (Å²) < 4.78 is 5.88. The molecule has 2 aromatic carbocycles. The molecule has 2 heterocycles. The van der Waals surface area contributed by atoms with Crippen LogP contribution in [0.1, 0.15) is 28.8 Å². The van der Waals surface area contributed by atoms with Crippen molar-refractivity contribution in [3.05, 3.63) is 90.5 Å². The number of aromatic nitrogens is 2. The number of Topliss-reactive ketones (excluding diaryl/α,β-unsaturated/α-hetero) is 1. The molecule has 0 fully saturated rings. The van der Waals surface area contributed by atoms with Gasteiger partial charge in [-0.05, 0) is 36.1 Å². The first-order chi connectivity index (χ1) is 15.1. The van der Waals surface area contributed by atoms with Gasteiger partial charge in [0.1, 0.15) is 11.5 Å². The monoisotopic (exact) mass is 411 g/mol. The van der Waals surface area contributed by atoms with Crippen LogP contribution in [0, 0.1) is 6.92 Å². The summed E-state index contributed by atoms with van der Waals surface area (Å²) in [6, 6.07) is 16.6. The molecule has 0 saturated heterocycles. The first-order valence-corrected chi connectivity index (χ1v) is 9.94. The third-order valence-corrected chi connectivity index (χ3v) is 4.90. The average molecular weight is 411 g/mol. The van der Waals surface area contributed by atoms with Crippen molar-refractivity contribution >= 4 is 28.2 Å². The highest BCUT2D eigenvalue weighted by Gasteiger charge is 2.13. The van der Waals surface area contributed by atoms with Gasteiger partial charge in [-0.2, -0.15) is 0 Å². The summed E-state index contributed by atoms with van der Waals surface area (Å²) in [6.45, 7) is 1.93. The van der Waals surface area contributed by atoms with Gasteiger partial charge in [-0.3, -0.25) is 19.6 Å². The number of hydrogen-bond donors (Lipinski definition) is 1. The lowest BCUT2D eigenvalue weighted by Crippen LogP contribution is -2.14. The van der Waals surface area contributed by atoms with Gasteiger partial charge in [0.05, 0.1) is 0 Å². The summed E-state index contributed by atoms with van der Waals surface area (Å²) in [5.74, 6) is 0.961. The molecule has 31 heavy (non-hydrogen) atoms. The molecule has 2 aromatic heterocycles. The highest BCUT2D eigenvalue weighted by molar-refractivity contribution is 6.08.